The van der Waals surface area contributed by atoms with Gasteiger partial charge < -0.3 is 14.5 Å². The van der Waals surface area contributed by atoms with Crippen LogP contribution in [0.1, 0.15) is 15.9 Å². The summed E-state index contributed by atoms with van der Waals surface area (Å²) in [6, 6.07) is 5.53. The fourth-order valence-electron chi connectivity index (χ4n) is 2.36. The van der Waals surface area contributed by atoms with Gasteiger partial charge in [0.05, 0.1) is 24.6 Å². The number of carbonyl (C=O) groups excluding carboxylic acids is 1. The van der Waals surface area contributed by atoms with Crippen LogP contribution in [0.4, 0.5) is 13.2 Å². The van der Waals surface area contributed by atoms with Crippen molar-refractivity contribution in [2.75, 3.05) is 7.11 Å². The molecule has 0 radical (unpaired) electrons. The Morgan fingerprint density at radius 3 is 2.50 bits per heavy atom. The van der Waals surface area contributed by atoms with E-state index in [0.29, 0.717) is 5.69 Å². The van der Waals surface area contributed by atoms with Crippen LogP contribution in [0.25, 0.3) is 11.4 Å². The van der Waals surface area contributed by atoms with Crippen LogP contribution < -0.4 is 4.74 Å². The number of hydrogen-bond donors (Lipinski definition) is 1. The summed E-state index contributed by atoms with van der Waals surface area (Å²) >= 11 is 0. The number of benzene rings is 1. The van der Waals surface area contributed by atoms with Crippen molar-refractivity contribution < 1.29 is 27.4 Å². The molecule has 26 heavy (non-hydrogen) atoms. The second-order valence-corrected chi connectivity index (χ2v) is 5.36. The second kappa shape index (κ2) is 7.30. The van der Waals surface area contributed by atoms with E-state index >= 15 is 0 Å². The van der Waals surface area contributed by atoms with Crippen LogP contribution in [0.15, 0.2) is 42.7 Å². The largest absolute Gasteiger partial charge is 0.486 e. The minimum absolute atomic E-state index is 0.0490. The number of carbonyl (C=O) groups is 1. The van der Waals surface area contributed by atoms with Crippen molar-refractivity contribution >= 4 is 5.97 Å². The number of ether oxygens (including phenoxy) is 2. The molecule has 5 nitrogen and oxygen atoms in total. The van der Waals surface area contributed by atoms with Crippen LogP contribution in [0.5, 0.6) is 5.75 Å². The number of methoxy groups -OCH3 is 1. The molecule has 0 saturated heterocycles. The lowest BCUT2D eigenvalue weighted by Gasteiger charge is -2.10. The lowest BCUT2D eigenvalue weighted by Crippen LogP contribution is -2.01. The lowest BCUT2D eigenvalue weighted by atomic mass is 10.2. The molecule has 0 aliphatic carbocycles. The summed E-state index contributed by atoms with van der Waals surface area (Å²) in [5, 5.41) is 0. The SMILES string of the molecule is COC(=O)c1c[nH]c(-c2ncc(F)cc2OCc2cc(F)cc(F)c2)c1. The van der Waals surface area contributed by atoms with Gasteiger partial charge in [-0.25, -0.2) is 22.9 Å². The third-order valence-electron chi connectivity index (χ3n) is 3.50. The third-order valence-corrected chi connectivity index (χ3v) is 3.50. The van der Waals surface area contributed by atoms with Gasteiger partial charge in [0.25, 0.3) is 0 Å². The molecule has 3 aromatic rings. The summed E-state index contributed by atoms with van der Waals surface area (Å²) in [6.45, 7) is -0.197. The summed E-state index contributed by atoms with van der Waals surface area (Å²) in [4.78, 5) is 18.3. The average Bonchev–Trinajstić information content (AvgIpc) is 3.08. The van der Waals surface area contributed by atoms with Gasteiger partial charge in [-0.05, 0) is 23.8 Å². The van der Waals surface area contributed by atoms with Crippen LogP contribution in [0.3, 0.4) is 0 Å². The molecular formula is C18H13F3N2O3. The van der Waals surface area contributed by atoms with E-state index in [9.17, 15) is 18.0 Å². The van der Waals surface area contributed by atoms with Crippen molar-refractivity contribution in [3.63, 3.8) is 0 Å². The Morgan fingerprint density at radius 2 is 1.81 bits per heavy atom. The third kappa shape index (κ3) is 3.85. The average molecular weight is 362 g/mol. The summed E-state index contributed by atoms with van der Waals surface area (Å²) in [7, 11) is 1.25. The molecular weight excluding hydrogens is 349 g/mol. The number of pyridine rings is 1. The van der Waals surface area contributed by atoms with Crippen LogP contribution in [-0.4, -0.2) is 23.0 Å². The molecule has 0 aliphatic heterocycles. The van der Waals surface area contributed by atoms with E-state index in [4.69, 9.17) is 4.74 Å². The Labute approximate surface area is 146 Å². The van der Waals surface area contributed by atoms with Gasteiger partial charge in [0.1, 0.15) is 29.8 Å². The number of nitrogens with zero attached hydrogens (tertiary/aromatic N) is 1. The Kier molecular flexibility index (Phi) is 4.92. The van der Waals surface area contributed by atoms with Gasteiger partial charge in [0.15, 0.2) is 5.75 Å². The molecule has 1 N–H and O–H groups in total. The van der Waals surface area contributed by atoms with Crippen LogP contribution >= 0.6 is 0 Å². The standard InChI is InChI=1S/C18H13F3N2O3/c1-25-18(24)11-4-15(22-7-11)17-16(6-14(21)8-23-17)26-9-10-2-12(19)5-13(20)3-10/h2-8,22H,9H2,1H3. The first kappa shape index (κ1) is 17.5. The highest BCUT2D eigenvalue weighted by atomic mass is 19.1. The van der Waals surface area contributed by atoms with Crippen molar-refractivity contribution in [2.24, 2.45) is 0 Å². The van der Waals surface area contributed by atoms with Crippen molar-refractivity contribution in [1.29, 1.82) is 0 Å². The number of rotatable bonds is 5. The normalized spacial score (nSPS) is 10.6. The van der Waals surface area contributed by atoms with Gasteiger partial charge in [-0.15, -0.1) is 0 Å². The summed E-state index contributed by atoms with van der Waals surface area (Å²) in [6.07, 6.45) is 2.40. The summed E-state index contributed by atoms with van der Waals surface area (Å²) in [5.41, 5.74) is 1.12. The molecule has 0 amide bonds. The monoisotopic (exact) mass is 362 g/mol. The second-order valence-electron chi connectivity index (χ2n) is 5.36. The Morgan fingerprint density at radius 1 is 1.08 bits per heavy atom. The van der Waals surface area contributed by atoms with Crippen molar-refractivity contribution in [1.82, 2.24) is 9.97 Å². The van der Waals surface area contributed by atoms with Gasteiger partial charge in [0, 0.05) is 18.3 Å². The molecule has 2 aromatic heterocycles. The van der Waals surface area contributed by atoms with E-state index in [1.165, 1.54) is 19.4 Å². The number of H-pyrrole nitrogens is 1. The van der Waals surface area contributed by atoms with Crippen molar-refractivity contribution in [3.05, 3.63) is 71.3 Å². The van der Waals surface area contributed by atoms with E-state index in [0.717, 1.165) is 30.5 Å². The fourth-order valence-corrected chi connectivity index (χ4v) is 2.36. The van der Waals surface area contributed by atoms with Gasteiger partial charge in [-0.3, -0.25) is 0 Å². The van der Waals surface area contributed by atoms with Crippen LogP contribution in [-0.2, 0) is 11.3 Å². The van der Waals surface area contributed by atoms with Crippen LogP contribution in [0, 0.1) is 17.5 Å². The highest BCUT2D eigenvalue weighted by molar-refractivity contribution is 5.90. The highest BCUT2D eigenvalue weighted by Crippen LogP contribution is 2.29. The molecule has 134 valence electrons. The highest BCUT2D eigenvalue weighted by Gasteiger charge is 2.15. The summed E-state index contributed by atoms with van der Waals surface area (Å²) < 4.78 is 50.2. The number of hydrogen-bond acceptors (Lipinski definition) is 4. The Hall–Kier alpha value is -3.29. The molecule has 1 aromatic carbocycles. The van der Waals surface area contributed by atoms with E-state index in [1.807, 2.05) is 0 Å². The predicted molar refractivity (Wildman–Crippen MR) is 86.0 cm³/mol. The molecule has 0 spiro atoms. The first-order valence-corrected chi connectivity index (χ1v) is 7.46. The van der Waals surface area contributed by atoms with Gasteiger partial charge in [-0.1, -0.05) is 0 Å². The smallest absolute Gasteiger partial charge is 0.339 e. The van der Waals surface area contributed by atoms with Gasteiger partial charge in [-0.2, -0.15) is 0 Å². The van der Waals surface area contributed by atoms with Crippen LogP contribution in [0.2, 0.25) is 0 Å². The number of aromatic amines is 1. The predicted octanol–water partition coefficient (Wildman–Crippen LogP) is 3.86. The number of aromatic nitrogens is 2. The maximum absolute atomic E-state index is 13.6. The minimum Gasteiger partial charge on any atom is -0.486 e. The zero-order valence-electron chi connectivity index (χ0n) is 13.6. The quantitative estimate of drug-likeness (QED) is 0.700. The maximum atomic E-state index is 13.6. The fraction of sp³-hybridized carbons (Fsp3) is 0.111. The van der Waals surface area contributed by atoms with Crippen molar-refractivity contribution in [2.45, 2.75) is 6.61 Å². The Bertz CT molecular complexity index is 936. The number of esters is 1. The van der Waals surface area contributed by atoms with E-state index in [-0.39, 0.29) is 29.2 Å². The zero-order valence-corrected chi connectivity index (χ0v) is 13.6. The summed E-state index contributed by atoms with van der Waals surface area (Å²) in [5.74, 6) is -2.63. The van der Waals surface area contributed by atoms with E-state index in [1.54, 1.807) is 0 Å². The molecule has 0 unspecified atom stereocenters. The Balaban J connectivity index is 1.88. The van der Waals surface area contributed by atoms with E-state index in [2.05, 4.69) is 14.7 Å². The molecule has 3 rings (SSSR count). The molecule has 2 heterocycles. The van der Waals surface area contributed by atoms with Crippen molar-refractivity contribution in [3.8, 4) is 17.1 Å². The molecule has 8 heteroatoms. The molecule has 0 bridgehead atoms. The molecule has 0 atom stereocenters. The lowest BCUT2D eigenvalue weighted by molar-refractivity contribution is 0.0601. The maximum Gasteiger partial charge on any atom is 0.339 e. The van der Waals surface area contributed by atoms with E-state index < -0.39 is 23.4 Å². The van der Waals surface area contributed by atoms with Gasteiger partial charge in [0.2, 0.25) is 0 Å². The first-order valence-electron chi connectivity index (χ1n) is 7.46. The minimum atomic E-state index is -0.742. The topological polar surface area (TPSA) is 64.2 Å². The molecule has 0 aliphatic rings. The number of halogens is 3. The van der Waals surface area contributed by atoms with Gasteiger partial charge >= 0.3 is 5.97 Å². The zero-order chi connectivity index (χ0) is 18.7. The molecule has 0 fully saturated rings. The first-order chi connectivity index (χ1) is 12.5. The molecule has 0 saturated carbocycles. The number of nitrogens with one attached hydrogen (secondary N) is 1.